The number of hydrogen-bond acceptors (Lipinski definition) is 4. The highest BCUT2D eigenvalue weighted by atomic mass is 32.2. The third kappa shape index (κ3) is 5.18. The largest absolute Gasteiger partial charge is 0.491 e. The maximum atomic E-state index is 12.8. The first-order valence-electron chi connectivity index (χ1n) is 9.52. The van der Waals surface area contributed by atoms with Gasteiger partial charge in [-0.2, -0.15) is 0 Å². The Morgan fingerprint density at radius 3 is 2.33 bits per heavy atom. The van der Waals surface area contributed by atoms with E-state index in [0.29, 0.717) is 28.3 Å². The van der Waals surface area contributed by atoms with Crippen molar-refractivity contribution in [3.05, 3.63) is 83.9 Å². The van der Waals surface area contributed by atoms with Crippen LogP contribution in [-0.2, 0) is 10.0 Å². The fourth-order valence-corrected chi connectivity index (χ4v) is 4.06. The number of benzene rings is 3. The molecule has 0 fully saturated rings. The van der Waals surface area contributed by atoms with E-state index in [4.69, 9.17) is 4.74 Å². The molecule has 1 amide bonds. The topological polar surface area (TPSA) is 84.5 Å². The average Bonchev–Trinajstić information content (AvgIpc) is 2.70. The summed E-state index contributed by atoms with van der Waals surface area (Å²) >= 11 is 0. The van der Waals surface area contributed by atoms with Gasteiger partial charge in [-0.25, -0.2) is 8.42 Å². The molecule has 0 aliphatic carbocycles. The fourth-order valence-electron chi connectivity index (χ4n) is 2.91. The van der Waals surface area contributed by atoms with Gasteiger partial charge in [0.1, 0.15) is 5.75 Å². The van der Waals surface area contributed by atoms with Crippen LogP contribution in [0.15, 0.2) is 77.7 Å². The number of sulfonamides is 1. The van der Waals surface area contributed by atoms with Crippen LogP contribution in [0, 0.1) is 6.92 Å². The van der Waals surface area contributed by atoms with Gasteiger partial charge in [0.15, 0.2) is 0 Å². The Hall–Kier alpha value is -3.32. The van der Waals surface area contributed by atoms with Crippen molar-refractivity contribution in [2.75, 3.05) is 10.0 Å². The van der Waals surface area contributed by atoms with Gasteiger partial charge in [-0.3, -0.25) is 9.52 Å². The zero-order valence-electron chi connectivity index (χ0n) is 17.0. The fraction of sp³-hybridized carbons (Fsp3) is 0.174. The van der Waals surface area contributed by atoms with Crippen molar-refractivity contribution in [3.8, 4) is 5.75 Å². The zero-order valence-corrected chi connectivity index (χ0v) is 17.9. The summed E-state index contributed by atoms with van der Waals surface area (Å²) in [6, 6.07) is 20.1. The third-order valence-electron chi connectivity index (χ3n) is 4.34. The molecule has 3 aromatic carbocycles. The van der Waals surface area contributed by atoms with Crippen LogP contribution in [-0.4, -0.2) is 20.4 Å². The summed E-state index contributed by atoms with van der Waals surface area (Å²) in [4.78, 5) is 13.0. The number of anilines is 2. The summed E-state index contributed by atoms with van der Waals surface area (Å²) in [5.74, 6) is 0.318. The second-order valence-electron chi connectivity index (χ2n) is 7.05. The number of hydrogen-bond donors (Lipinski definition) is 2. The van der Waals surface area contributed by atoms with Crippen LogP contribution in [0.5, 0.6) is 5.75 Å². The highest BCUT2D eigenvalue weighted by Crippen LogP contribution is 2.24. The number of amides is 1. The zero-order chi connectivity index (χ0) is 21.7. The van der Waals surface area contributed by atoms with Crippen LogP contribution < -0.4 is 14.8 Å². The molecule has 0 saturated carbocycles. The quantitative estimate of drug-likeness (QED) is 0.569. The van der Waals surface area contributed by atoms with E-state index < -0.39 is 10.0 Å². The summed E-state index contributed by atoms with van der Waals surface area (Å²) < 4.78 is 33.5. The molecule has 0 radical (unpaired) electrons. The van der Waals surface area contributed by atoms with E-state index in [2.05, 4.69) is 10.0 Å². The molecule has 3 rings (SSSR count). The van der Waals surface area contributed by atoms with Crippen molar-refractivity contribution < 1.29 is 17.9 Å². The minimum absolute atomic E-state index is 0.0208. The lowest BCUT2D eigenvalue weighted by Crippen LogP contribution is -2.17. The monoisotopic (exact) mass is 424 g/mol. The molecule has 0 aliphatic rings. The van der Waals surface area contributed by atoms with E-state index in [1.54, 1.807) is 61.5 Å². The molecular weight excluding hydrogens is 400 g/mol. The normalized spacial score (nSPS) is 11.2. The van der Waals surface area contributed by atoms with E-state index in [1.165, 1.54) is 12.1 Å². The Bertz CT molecular complexity index is 1140. The van der Waals surface area contributed by atoms with Gasteiger partial charge in [0.2, 0.25) is 0 Å². The first-order valence-corrected chi connectivity index (χ1v) is 11.0. The highest BCUT2D eigenvalue weighted by Gasteiger charge is 2.18. The highest BCUT2D eigenvalue weighted by molar-refractivity contribution is 7.92. The van der Waals surface area contributed by atoms with E-state index in [9.17, 15) is 13.2 Å². The molecule has 0 saturated heterocycles. The smallest absolute Gasteiger partial charge is 0.261 e. The van der Waals surface area contributed by atoms with Crippen molar-refractivity contribution in [1.82, 2.24) is 0 Å². The molecule has 2 N–H and O–H groups in total. The molecule has 0 heterocycles. The number of ether oxygens (including phenoxy) is 1. The van der Waals surface area contributed by atoms with E-state index >= 15 is 0 Å². The molecule has 3 aromatic rings. The number of nitrogens with one attached hydrogen (secondary N) is 2. The molecule has 0 aliphatic heterocycles. The summed E-state index contributed by atoms with van der Waals surface area (Å²) in [5, 5.41) is 2.84. The molecule has 30 heavy (non-hydrogen) atoms. The van der Waals surface area contributed by atoms with Crippen LogP contribution in [0.25, 0.3) is 0 Å². The molecule has 0 bridgehead atoms. The van der Waals surface area contributed by atoms with Gasteiger partial charge >= 0.3 is 0 Å². The van der Waals surface area contributed by atoms with Crippen molar-refractivity contribution in [3.63, 3.8) is 0 Å². The minimum Gasteiger partial charge on any atom is -0.491 e. The van der Waals surface area contributed by atoms with Crippen LogP contribution in [0.4, 0.5) is 11.4 Å². The van der Waals surface area contributed by atoms with E-state index in [1.807, 2.05) is 19.9 Å². The molecule has 6 nitrogen and oxygen atoms in total. The molecule has 0 aromatic heterocycles. The lowest BCUT2D eigenvalue weighted by atomic mass is 10.1. The number of carbonyl (C=O) groups is 1. The van der Waals surface area contributed by atoms with Gasteiger partial charge in [0.25, 0.3) is 15.9 Å². The van der Waals surface area contributed by atoms with Gasteiger partial charge in [0, 0.05) is 17.3 Å². The van der Waals surface area contributed by atoms with E-state index in [0.717, 1.165) is 0 Å². The molecule has 0 unspecified atom stereocenters. The summed E-state index contributed by atoms with van der Waals surface area (Å²) in [6.07, 6.45) is 0.0208. The third-order valence-corrected chi connectivity index (χ3v) is 5.72. The van der Waals surface area contributed by atoms with Crippen molar-refractivity contribution in [2.24, 2.45) is 0 Å². The first kappa shape index (κ1) is 21.4. The lowest BCUT2D eigenvalue weighted by molar-refractivity contribution is 0.102. The minimum atomic E-state index is -3.75. The molecule has 156 valence electrons. The molecule has 0 atom stereocenters. The van der Waals surface area contributed by atoms with Gasteiger partial charge in [-0.05, 0) is 62.7 Å². The lowest BCUT2D eigenvalue weighted by Gasteiger charge is -2.15. The Kier molecular flexibility index (Phi) is 6.42. The van der Waals surface area contributed by atoms with Crippen molar-refractivity contribution in [1.29, 1.82) is 0 Å². The van der Waals surface area contributed by atoms with Gasteiger partial charge < -0.3 is 10.1 Å². The van der Waals surface area contributed by atoms with Gasteiger partial charge in [0.05, 0.1) is 16.7 Å². The molecule has 0 spiro atoms. The Morgan fingerprint density at radius 1 is 0.933 bits per heavy atom. The van der Waals surface area contributed by atoms with Crippen LogP contribution in [0.1, 0.15) is 29.8 Å². The standard InChI is InChI=1S/C23H24N2O4S/c1-16(2)29-19-10-7-9-18(15-19)24-23(26)21-13-8-14-22(17(21)3)25-30(27,28)20-11-5-4-6-12-20/h4-16,25H,1-3H3,(H,24,26). The summed E-state index contributed by atoms with van der Waals surface area (Å²) in [6.45, 7) is 5.56. The number of carbonyl (C=O) groups excluding carboxylic acids is 1. The second kappa shape index (κ2) is 9.00. The summed E-state index contributed by atoms with van der Waals surface area (Å²) in [7, 11) is -3.75. The Morgan fingerprint density at radius 2 is 1.63 bits per heavy atom. The number of rotatable bonds is 7. The molecular formula is C23H24N2O4S. The van der Waals surface area contributed by atoms with Crippen LogP contribution in [0.2, 0.25) is 0 Å². The average molecular weight is 425 g/mol. The Balaban J connectivity index is 1.82. The molecule has 7 heteroatoms. The van der Waals surface area contributed by atoms with Gasteiger partial charge in [-0.15, -0.1) is 0 Å². The predicted octanol–water partition coefficient (Wildman–Crippen LogP) is 4.84. The maximum absolute atomic E-state index is 12.8. The first-order chi connectivity index (χ1) is 14.3. The van der Waals surface area contributed by atoms with Crippen molar-refractivity contribution >= 4 is 27.3 Å². The van der Waals surface area contributed by atoms with Gasteiger partial charge in [-0.1, -0.05) is 30.3 Å². The van der Waals surface area contributed by atoms with Crippen LogP contribution >= 0.6 is 0 Å². The van der Waals surface area contributed by atoms with Crippen LogP contribution in [0.3, 0.4) is 0 Å². The van der Waals surface area contributed by atoms with Crippen molar-refractivity contribution in [2.45, 2.75) is 31.8 Å². The summed E-state index contributed by atoms with van der Waals surface area (Å²) in [5.41, 5.74) is 1.85. The predicted molar refractivity (Wildman–Crippen MR) is 119 cm³/mol. The second-order valence-corrected chi connectivity index (χ2v) is 8.73. The van der Waals surface area contributed by atoms with E-state index in [-0.39, 0.29) is 16.9 Å². The SMILES string of the molecule is Cc1c(NS(=O)(=O)c2ccccc2)cccc1C(=O)Nc1cccc(OC(C)C)c1. The maximum Gasteiger partial charge on any atom is 0.261 e. The Labute approximate surface area is 177 Å².